The van der Waals surface area contributed by atoms with Gasteiger partial charge in [-0.1, -0.05) is 32.4 Å². The summed E-state index contributed by atoms with van der Waals surface area (Å²) in [6.45, 7) is 12.3. The third kappa shape index (κ3) is 4.57. The number of hydrogen-bond acceptors (Lipinski definition) is 4. The highest BCUT2D eigenvalue weighted by molar-refractivity contribution is 5.76. The number of carbonyl (C=O) groups is 1. The second-order valence-electron chi connectivity index (χ2n) is 14.6. The van der Waals surface area contributed by atoms with Crippen LogP contribution in [0.4, 0.5) is 5.82 Å². The number of allylic oxidation sites excluding steroid dienone is 1. The first-order valence-electron chi connectivity index (χ1n) is 16.0. The number of carbonyl (C=O) groups excluding carboxylic acids is 1. The minimum absolute atomic E-state index is 0.123. The van der Waals surface area contributed by atoms with E-state index in [1.165, 1.54) is 38.5 Å². The standard InChI is InChI=1S/C33H52N4O2/c1-22(6-11-31(39)36-18-19-37(23(2)21-36)30-14-17-34-35(30)5)27-9-10-28-26-8-7-24-20-25(38)12-15-32(24,3)29(26)13-16-33(27,28)4/h7,14,17,22-23,25-29,38H,6,8-13,15-16,18-21H2,1-5H3/t22-,23+,25+,26+,27-,28+,29+,32+,33-/m1/s1. The van der Waals surface area contributed by atoms with Crippen molar-refractivity contribution < 1.29 is 9.90 Å². The fourth-order valence-electron chi connectivity index (χ4n) is 10.5. The summed E-state index contributed by atoms with van der Waals surface area (Å²) in [5, 5.41) is 14.6. The molecule has 1 aromatic rings. The van der Waals surface area contributed by atoms with Crippen LogP contribution in [0.2, 0.25) is 0 Å². The zero-order chi connectivity index (χ0) is 27.5. The molecule has 0 radical (unpaired) electrons. The van der Waals surface area contributed by atoms with Crippen LogP contribution < -0.4 is 4.90 Å². The van der Waals surface area contributed by atoms with Crippen LogP contribution in [0, 0.1) is 40.4 Å². The number of aliphatic hydroxyl groups is 1. The Balaban J connectivity index is 1.06. The molecule has 6 heteroatoms. The van der Waals surface area contributed by atoms with Crippen molar-refractivity contribution in [3.8, 4) is 0 Å². The van der Waals surface area contributed by atoms with E-state index in [-0.39, 0.29) is 6.10 Å². The van der Waals surface area contributed by atoms with Crippen LogP contribution in [-0.4, -0.2) is 57.5 Å². The fourth-order valence-corrected chi connectivity index (χ4v) is 10.5. The molecule has 1 saturated heterocycles. The van der Waals surface area contributed by atoms with Crippen LogP contribution in [0.3, 0.4) is 0 Å². The van der Waals surface area contributed by atoms with Crippen LogP contribution in [0.25, 0.3) is 0 Å². The number of aliphatic hydroxyl groups excluding tert-OH is 1. The van der Waals surface area contributed by atoms with Crippen molar-refractivity contribution in [3.05, 3.63) is 23.9 Å². The van der Waals surface area contributed by atoms with Gasteiger partial charge < -0.3 is 14.9 Å². The molecule has 1 aliphatic heterocycles. The number of anilines is 1. The Morgan fingerprint density at radius 1 is 1.15 bits per heavy atom. The first kappa shape index (κ1) is 27.4. The van der Waals surface area contributed by atoms with Crippen molar-refractivity contribution >= 4 is 11.7 Å². The van der Waals surface area contributed by atoms with Gasteiger partial charge in [0.15, 0.2) is 0 Å². The fraction of sp³-hybridized carbons (Fsp3) is 0.818. The number of hydrogen-bond donors (Lipinski definition) is 1. The highest BCUT2D eigenvalue weighted by atomic mass is 16.3. The molecule has 9 atom stereocenters. The molecular formula is C33H52N4O2. The molecule has 6 rings (SSSR count). The van der Waals surface area contributed by atoms with Gasteiger partial charge in [-0.2, -0.15) is 5.10 Å². The molecule has 39 heavy (non-hydrogen) atoms. The van der Waals surface area contributed by atoms with Crippen LogP contribution in [0.1, 0.15) is 91.9 Å². The van der Waals surface area contributed by atoms with Gasteiger partial charge in [0, 0.05) is 45.2 Å². The smallest absolute Gasteiger partial charge is 0.222 e. The third-order valence-corrected chi connectivity index (χ3v) is 12.7. The minimum Gasteiger partial charge on any atom is -0.393 e. The summed E-state index contributed by atoms with van der Waals surface area (Å²) in [4.78, 5) is 17.8. The lowest BCUT2D eigenvalue weighted by Crippen LogP contribution is -2.54. The number of aryl methyl sites for hydroxylation is 1. The summed E-state index contributed by atoms with van der Waals surface area (Å²) in [5.41, 5.74) is 2.31. The second kappa shape index (κ2) is 10.2. The molecule has 0 bridgehead atoms. The SMILES string of the molecule is C[C@H](CCC(=O)N1CCN(c2ccnn2C)[C@@H](C)C1)[C@H]1CC[C@H]2[C@@H]3CC=C4C[C@@H](O)CC[C@]4(C)[C@H]3CC[C@]12C. The van der Waals surface area contributed by atoms with E-state index in [0.717, 1.165) is 68.4 Å². The van der Waals surface area contributed by atoms with Gasteiger partial charge in [0.25, 0.3) is 0 Å². The van der Waals surface area contributed by atoms with Crippen molar-refractivity contribution in [1.82, 2.24) is 14.7 Å². The zero-order valence-electron chi connectivity index (χ0n) is 25.1. The molecule has 6 nitrogen and oxygen atoms in total. The molecule has 216 valence electrons. The summed E-state index contributed by atoms with van der Waals surface area (Å²) < 4.78 is 1.93. The minimum atomic E-state index is -0.123. The van der Waals surface area contributed by atoms with Crippen LogP contribution in [-0.2, 0) is 11.8 Å². The Kier molecular flexibility index (Phi) is 7.17. The lowest BCUT2D eigenvalue weighted by atomic mass is 9.47. The largest absolute Gasteiger partial charge is 0.393 e. The van der Waals surface area contributed by atoms with Crippen molar-refractivity contribution in [2.45, 2.75) is 104 Å². The van der Waals surface area contributed by atoms with Crippen LogP contribution in [0.5, 0.6) is 0 Å². The topological polar surface area (TPSA) is 61.6 Å². The van der Waals surface area contributed by atoms with Gasteiger partial charge in [-0.3, -0.25) is 9.48 Å². The summed E-state index contributed by atoms with van der Waals surface area (Å²) in [6.07, 6.45) is 15.7. The quantitative estimate of drug-likeness (QED) is 0.482. The van der Waals surface area contributed by atoms with Gasteiger partial charge >= 0.3 is 0 Å². The summed E-state index contributed by atoms with van der Waals surface area (Å²) in [5.74, 6) is 5.25. The molecular weight excluding hydrogens is 484 g/mol. The number of nitrogens with zero attached hydrogens (tertiary/aromatic N) is 4. The molecule has 1 N–H and O–H groups in total. The highest BCUT2D eigenvalue weighted by Crippen LogP contribution is 2.67. The maximum absolute atomic E-state index is 13.3. The number of piperazine rings is 1. The van der Waals surface area contributed by atoms with E-state index < -0.39 is 0 Å². The second-order valence-corrected chi connectivity index (χ2v) is 14.6. The Morgan fingerprint density at radius 3 is 2.72 bits per heavy atom. The molecule has 2 heterocycles. The van der Waals surface area contributed by atoms with Gasteiger partial charge in [0.05, 0.1) is 12.3 Å². The number of aromatic nitrogens is 2. The molecule has 1 amide bonds. The van der Waals surface area contributed by atoms with Gasteiger partial charge in [-0.15, -0.1) is 0 Å². The van der Waals surface area contributed by atoms with E-state index in [2.05, 4.69) is 54.7 Å². The van der Waals surface area contributed by atoms with Gasteiger partial charge in [0.1, 0.15) is 5.82 Å². The van der Waals surface area contributed by atoms with E-state index in [9.17, 15) is 9.90 Å². The van der Waals surface area contributed by atoms with Crippen molar-refractivity contribution in [2.75, 3.05) is 24.5 Å². The average Bonchev–Trinajstić information content (AvgIpc) is 3.50. The third-order valence-electron chi connectivity index (χ3n) is 12.7. The molecule has 0 spiro atoms. The number of rotatable bonds is 5. The molecule has 1 aromatic heterocycles. The maximum atomic E-state index is 13.3. The normalized spacial score (nSPS) is 40.9. The Labute approximate surface area is 236 Å². The Bertz CT molecular complexity index is 1100. The molecule has 5 aliphatic rings. The predicted octanol–water partition coefficient (Wildman–Crippen LogP) is 5.81. The van der Waals surface area contributed by atoms with Gasteiger partial charge in [-0.25, -0.2) is 0 Å². The van der Waals surface area contributed by atoms with E-state index in [4.69, 9.17) is 0 Å². The number of amides is 1. The summed E-state index contributed by atoms with van der Waals surface area (Å²) in [7, 11) is 1.99. The van der Waals surface area contributed by atoms with Crippen molar-refractivity contribution in [3.63, 3.8) is 0 Å². The molecule has 4 fully saturated rings. The molecule has 0 unspecified atom stereocenters. The maximum Gasteiger partial charge on any atom is 0.222 e. The van der Waals surface area contributed by atoms with Crippen molar-refractivity contribution in [2.24, 2.45) is 47.5 Å². The molecule has 3 saturated carbocycles. The van der Waals surface area contributed by atoms with Crippen LogP contribution in [0.15, 0.2) is 23.9 Å². The first-order chi connectivity index (χ1) is 18.6. The summed E-state index contributed by atoms with van der Waals surface area (Å²) >= 11 is 0. The summed E-state index contributed by atoms with van der Waals surface area (Å²) in [6, 6.07) is 2.38. The van der Waals surface area contributed by atoms with Gasteiger partial charge in [-0.05, 0) is 105 Å². The highest BCUT2D eigenvalue weighted by Gasteiger charge is 2.59. The Morgan fingerprint density at radius 2 is 1.97 bits per heavy atom. The van der Waals surface area contributed by atoms with Crippen LogP contribution >= 0.6 is 0 Å². The molecule has 0 aromatic carbocycles. The monoisotopic (exact) mass is 536 g/mol. The first-order valence-corrected chi connectivity index (χ1v) is 16.0. The van der Waals surface area contributed by atoms with E-state index in [0.29, 0.717) is 35.1 Å². The predicted molar refractivity (Wildman–Crippen MR) is 156 cm³/mol. The Hall–Kier alpha value is -1.82. The lowest BCUT2D eigenvalue weighted by Gasteiger charge is -2.58. The van der Waals surface area contributed by atoms with E-state index in [1.807, 2.05) is 17.9 Å². The lowest BCUT2D eigenvalue weighted by molar-refractivity contribution is -0.132. The number of fused-ring (bicyclic) bond motifs is 5. The van der Waals surface area contributed by atoms with Crippen molar-refractivity contribution in [1.29, 1.82) is 0 Å². The van der Waals surface area contributed by atoms with E-state index in [1.54, 1.807) is 5.57 Å². The zero-order valence-corrected chi connectivity index (χ0v) is 25.1. The van der Waals surface area contributed by atoms with E-state index >= 15 is 0 Å². The van der Waals surface area contributed by atoms with Gasteiger partial charge in [0.2, 0.25) is 5.91 Å². The molecule has 4 aliphatic carbocycles. The average molecular weight is 537 g/mol.